The third kappa shape index (κ3) is 3.38. The monoisotopic (exact) mass is 272 g/mol. The van der Waals surface area contributed by atoms with E-state index in [-0.39, 0.29) is 0 Å². The fraction of sp³-hybridized carbons (Fsp3) is 0.333. The van der Waals surface area contributed by atoms with E-state index in [1.807, 2.05) is 74.4 Å². The van der Waals surface area contributed by atoms with Gasteiger partial charge in [0.25, 0.3) is 0 Å². The van der Waals surface area contributed by atoms with Crippen molar-refractivity contribution in [2.75, 3.05) is 28.2 Å². The molecule has 5 nitrogen and oxygen atoms in total. The van der Waals surface area contributed by atoms with Crippen LogP contribution < -0.4 is 0 Å². The summed E-state index contributed by atoms with van der Waals surface area (Å²) in [5.41, 5.74) is 1.89. The summed E-state index contributed by atoms with van der Waals surface area (Å²) in [5, 5.41) is 4.08. The molecule has 0 spiro atoms. The average molecular weight is 272 g/mol. The van der Waals surface area contributed by atoms with Crippen molar-refractivity contribution in [1.82, 2.24) is 15.0 Å². The van der Waals surface area contributed by atoms with Crippen LogP contribution in [0.15, 0.2) is 45.9 Å². The van der Waals surface area contributed by atoms with Crippen LogP contribution >= 0.6 is 0 Å². The van der Waals surface area contributed by atoms with Gasteiger partial charge in [0.2, 0.25) is 0 Å². The molecule has 1 aromatic carbocycles. The molecule has 0 saturated heterocycles. The number of rotatable bonds is 3. The van der Waals surface area contributed by atoms with E-state index in [0.717, 1.165) is 23.0 Å². The second-order valence-corrected chi connectivity index (χ2v) is 4.95. The van der Waals surface area contributed by atoms with Crippen LogP contribution in [0.3, 0.4) is 0 Å². The molecule has 20 heavy (non-hydrogen) atoms. The Balaban J connectivity index is 2.12. The maximum Gasteiger partial charge on any atom is 0.195 e. The number of hydrogen-bond acceptors (Lipinski definition) is 3. The standard InChI is InChI=1S/C15H20N4O/c1-18(2)15(19(3)4)16-11-13-10-14(17-20-13)12-8-6-5-7-9-12/h5-10H,11H2,1-4H3. The maximum absolute atomic E-state index is 5.33. The van der Waals surface area contributed by atoms with Crippen molar-refractivity contribution in [3.8, 4) is 11.3 Å². The first-order chi connectivity index (χ1) is 9.58. The summed E-state index contributed by atoms with van der Waals surface area (Å²) < 4.78 is 5.33. The topological polar surface area (TPSA) is 44.9 Å². The van der Waals surface area contributed by atoms with Crippen LogP contribution in [0.5, 0.6) is 0 Å². The minimum Gasteiger partial charge on any atom is -0.359 e. The molecule has 0 bridgehead atoms. The second kappa shape index (κ2) is 6.23. The first kappa shape index (κ1) is 14.1. The third-order valence-electron chi connectivity index (χ3n) is 2.80. The Bertz CT molecular complexity index is 563. The van der Waals surface area contributed by atoms with E-state index in [4.69, 9.17) is 4.52 Å². The molecular formula is C15H20N4O. The van der Waals surface area contributed by atoms with E-state index in [2.05, 4.69) is 10.1 Å². The largest absolute Gasteiger partial charge is 0.359 e. The summed E-state index contributed by atoms with van der Waals surface area (Å²) in [6.07, 6.45) is 0. The lowest BCUT2D eigenvalue weighted by Gasteiger charge is -2.22. The predicted molar refractivity (Wildman–Crippen MR) is 80.5 cm³/mol. The molecule has 0 unspecified atom stereocenters. The first-order valence-corrected chi connectivity index (χ1v) is 6.48. The summed E-state index contributed by atoms with van der Waals surface area (Å²) in [5.74, 6) is 1.65. The van der Waals surface area contributed by atoms with Crippen molar-refractivity contribution in [2.45, 2.75) is 6.54 Å². The molecule has 2 rings (SSSR count). The molecular weight excluding hydrogens is 252 g/mol. The summed E-state index contributed by atoms with van der Waals surface area (Å²) in [6, 6.07) is 11.9. The number of guanidine groups is 1. The van der Waals surface area contributed by atoms with Gasteiger partial charge in [0.05, 0.1) is 0 Å². The van der Waals surface area contributed by atoms with Crippen LogP contribution in [0.2, 0.25) is 0 Å². The van der Waals surface area contributed by atoms with Crippen LogP contribution in [0.25, 0.3) is 11.3 Å². The Morgan fingerprint density at radius 1 is 1.10 bits per heavy atom. The molecule has 1 aromatic heterocycles. The molecule has 0 atom stereocenters. The van der Waals surface area contributed by atoms with Crippen molar-refractivity contribution in [3.05, 3.63) is 42.2 Å². The highest BCUT2D eigenvalue weighted by Crippen LogP contribution is 2.18. The zero-order valence-electron chi connectivity index (χ0n) is 12.4. The number of nitrogens with zero attached hydrogens (tertiary/aromatic N) is 4. The first-order valence-electron chi connectivity index (χ1n) is 6.48. The molecule has 0 radical (unpaired) electrons. The van der Waals surface area contributed by atoms with Gasteiger partial charge in [0.1, 0.15) is 12.2 Å². The average Bonchev–Trinajstić information content (AvgIpc) is 2.88. The van der Waals surface area contributed by atoms with Gasteiger partial charge in [-0.05, 0) is 0 Å². The van der Waals surface area contributed by atoms with Gasteiger partial charge in [-0.1, -0.05) is 35.5 Å². The Hall–Kier alpha value is -2.30. The fourth-order valence-corrected chi connectivity index (χ4v) is 1.96. The lowest BCUT2D eigenvalue weighted by atomic mass is 10.1. The molecule has 2 aromatic rings. The van der Waals surface area contributed by atoms with Gasteiger partial charge in [0, 0.05) is 39.8 Å². The smallest absolute Gasteiger partial charge is 0.195 e. The molecule has 0 amide bonds. The molecule has 0 saturated carbocycles. The van der Waals surface area contributed by atoms with E-state index >= 15 is 0 Å². The Kier molecular flexibility index (Phi) is 4.40. The van der Waals surface area contributed by atoms with Crippen LogP contribution in [-0.2, 0) is 6.54 Å². The van der Waals surface area contributed by atoms with Gasteiger partial charge in [-0.25, -0.2) is 4.99 Å². The summed E-state index contributed by atoms with van der Waals surface area (Å²) >= 11 is 0. The highest BCUT2D eigenvalue weighted by molar-refractivity contribution is 5.79. The van der Waals surface area contributed by atoms with Crippen LogP contribution in [0, 0.1) is 0 Å². The van der Waals surface area contributed by atoms with Gasteiger partial charge >= 0.3 is 0 Å². The lowest BCUT2D eigenvalue weighted by molar-refractivity contribution is 0.384. The minimum atomic E-state index is 0.478. The van der Waals surface area contributed by atoms with E-state index in [1.165, 1.54) is 0 Å². The number of aromatic nitrogens is 1. The van der Waals surface area contributed by atoms with Crippen molar-refractivity contribution in [2.24, 2.45) is 4.99 Å². The molecule has 0 aliphatic rings. The molecule has 1 heterocycles. The number of benzene rings is 1. The van der Waals surface area contributed by atoms with Crippen molar-refractivity contribution in [1.29, 1.82) is 0 Å². The third-order valence-corrected chi connectivity index (χ3v) is 2.80. The van der Waals surface area contributed by atoms with E-state index in [9.17, 15) is 0 Å². The SMILES string of the molecule is CN(C)C(=NCc1cc(-c2ccccc2)no1)N(C)C. The van der Waals surface area contributed by atoms with Gasteiger partial charge in [0.15, 0.2) is 11.7 Å². The molecule has 0 fully saturated rings. The van der Waals surface area contributed by atoms with Gasteiger partial charge in [-0.2, -0.15) is 0 Å². The van der Waals surface area contributed by atoms with E-state index in [0.29, 0.717) is 6.54 Å². The number of hydrogen-bond donors (Lipinski definition) is 0. The molecule has 0 aliphatic heterocycles. The van der Waals surface area contributed by atoms with Crippen LogP contribution in [0.4, 0.5) is 0 Å². The molecule has 0 N–H and O–H groups in total. The summed E-state index contributed by atoms with van der Waals surface area (Å²) in [6.45, 7) is 0.478. The maximum atomic E-state index is 5.33. The number of aliphatic imine (C=N–C) groups is 1. The minimum absolute atomic E-state index is 0.478. The second-order valence-electron chi connectivity index (χ2n) is 4.95. The zero-order chi connectivity index (χ0) is 14.5. The van der Waals surface area contributed by atoms with Crippen molar-refractivity contribution in [3.63, 3.8) is 0 Å². The Morgan fingerprint density at radius 2 is 1.75 bits per heavy atom. The van der Waals surface area contributed by atoms with Crippen LogP contribution in [-0.4, -0.2) is 49.1 Å². The molecule has 0 aliphatic carbocycles. The van der Waals surface area contributed by atoms with E-state index < -0.39 is 0 Å². The molecule has 5 heteroatoms. The Labute approximate surface area is 119 Å². The van der Waals surface area contributed by atoms with Crippen molar-refractivity contribution < 1.29 is 4.52 Å². The van der Waals surface area contributed by atoms with E-state index in [1.54, 1.807) is 0 Å². The Morgan fingerprint density at radius 3 is 2.35 bits per heavy atom. The summed E-state index contributed by atoms with van der Waals surface area (Å²) in [7, 11) is 7.87. The highest BCUT2D eigenvalue weighted by atomic mass is 16.5. The highest BCUT2D eigenvalue weighted by Gasteiger charge is 2.08. The normalized spacial score (nSPS) is 10.2. The van der Waals surface area contributed by atoms with Crippen molar-refractivity contribution >= 4 is 5.96 Å². The fourth-order valence-electron chi connectivity index (χ4n) is 1.96. The van der Waals surface area contributed by atoms with Gasteiger partial charge in [-0.3, -0.25) is 0 Å². The quantitative estimate of drug-likeness (QED) is 0.635. The molecule has 106 valence electrons. The van der Waals surface area contributed by atoms with Gasteiger partial charge < -0.3 is 14.3 Å². The predicted octanol–water partition coefficient (Wildman–Crippen LogP) is 2.32. The summed E-state index contributed by atoms with van der Waals surface area (Å²) in [4.78, 5) is 8.47. The van der Waals surface area contributed by atoms with Gasteiger partial charge in [-0.15, -0.1) is 0 Å². The zero-order valence-corrected chi connectivity index (χ0v) is 12.4. The van der Waals surface area contributed by atoms with Crippen LogP contribution in [0.1, 0.15) is 5.76 Å². The lowest BCUT2D eigenvalue weighted by Crippen LogP contribution is -2.35.